The van der Waals surface area contributed by atoms with E-state index in [4.69, 9.17) is 23.1 Å². The number of Topliss-reactive ketones (excluding diaryl/α,β-unsaturated/α-hetero) is 1. The molecule has 5 nitrogen and oxygen atoms in total. The Bertz CT molecular complexity index is 416. The minimum atomic E-state index is -0.716. The molecule has 1 fully saturated rings. The lowest BCUT2D eigenvalue weighted by Crippen LogP contribution is -2.15. The van der Waals surface area contributed by atoms with Crippen LogP contribution in [-0.2, 0) is 0 Å². The number of ketones is 1. The fourth-order valence-corrected chi connectivity index (χ4v) is 2.48. The molecule has 0 aromatic carbocycles. The van der Waals surface area contributed by atoms with E-state index in [1.54, 1.807) is 0 Å². The number of hydrogen-bond acceptors (Lipinski definition) is 6. The summed E-state index contributed by atoms with van der Waals surface area (Å²) in [6.45, 7) is 1.11. The molecule has 0 unspecified atom stereocenters. The Morgan fingerprint density at radius 2 is 2.31 bits per heavy atom. The summed E-state index contributed by atoms with van der Waals surface area (Å²) in [4.78, 5) is 15.7. The maximum absolute atomic E-state index is 11.9. The van der Waals surface area contributed by atoms with E-state index < -0.39 is 4.87 Å². The van der Waals surface area contributed by atoms with Crippen molar-refractivity contribution < 1.29 is 4.79 Å². The van der Waals surface area contributed by atoms with Crippen molar-refractivity contribution in [2.75, 3.05) is 24.1 Å². The van der Waals surface area contributed by atoms with Crippen LogP contribution in [0.5, 0.6) is 0 Å². The number of nitrogen functional groups attached to an aromatic ring is 1. The predicted molar refractivity (Wildman–Crippen MR) is 66.2 cm³/mol. The van der Waals surface area contributed by atoms with E-state index in [0.29, 0.717) is 23.1 Å². The summed E-state index contributed by atoms with van der Waals surface area (Å²) in [6, 6.07) is 0. The van der Waals surface area contributed by atoms with Gasteiger partial charge in [0, 0.05) is 13.1 Å². The second-order valence-corrected chi connectivity index (χ2v) is 5.47. The van der Waals surface area contributed by atoms with Gasteiger partial charge in [-0.3, -0.25) is 4.79 Å². The number of alkyl halides is 1. The molecule has 0 radical (unpaired) electrons. The lowest BCUT2D eigenvalue weighted by molar-refractivity contribution is 0.0983. The van der Waals surface area contributed by atoms with Crippen LogP contribution in [0.3, 0.4) is 0 Å². The van der Waals surface area contributed by atoms with E-state index >= 15 is 0 Å². The molecule has 0 bridgehead atoms. The monoisotopic (exact) mass is 260 g/mol. The third kappa shape index (κ3) is 2.14. The number of thiazole rings is 1. The standard InChI is InChI=1S/C9H13ClN4OS/c10-9(1-2-9)6(15)5-7(12)14-8(16-5)13-4-3-11/h1-4,11-12H2,(H,13,14). The fourth-order valence-electron chi connectivity index (χ4n) is 1.29. The lowest BCUT2D eigenvalue weighted by atomic mass is 10.2. The van der Waals surface area contributed by atoms with E-state index in [-0.39, 0.29) is 11.6 Å². The first-order valence-corrected chi connectivity index (χ1v) is 6.20. The maximum Gasteiger partial charge on any atom is 0.197 e. The normalized spacial score (nSPS) is 17.1. The molecule has 0 aliphatic heterocycles. The number of hydrogen-bond donors (Lipinski definition) is 3. The number of anilines is 2. The van der Waals surface area contributed by atoms with Gasteiger partial charge in [0.05, 0.1) is 0 Å². The highest BCUT2D eigenvalue weighted by molar-refractivity contribution is 7.18. The molecular formula is C9H13ClN4OS. The highest BCUT2D eigenvalue weighted by Crippen LogP contribution is 2.47. The second-order valence-electron chi connectivity index (χ2n) is 3.74. The van der Waals surface area contributed by atoms with Gasteiger partial charge in [0.2, 0.25) is 0 Å². The molecule has 88 valence electrons. The predicted octanol–water partition coefficient (Wildman–Crippen LogP) is 1.05. The van der Waals surface area contributed by atoms with Gasteiger partial charge in [-0.05, 0) is 12.8 Å². The third-order valence-electron chi connectivity index (χ3n) is 2.38. The number of halogens is 1. The summed E-state index contributed by atoms with van der Waals surface area (Å²) in [6.07, 6.45) is 1.44. The maximum atomic E-state index is 11.9. The van der Waals surface area contributed by atoms with Crippen LogP contribution in [-0.4, -0.2) is 28.7 Å². The van der Waals surface area contributed by atoms with E-state index in [9.17, 15) is 4.79 Å². The summed E-state index contributed by atoms with van der Waals surface area (Å²) in [5.74, 6) is 0.145. The first kappa shape index (κ1) is 11.6. The van der Waals surface area contributed by atoms with Crippen molar-refractivity contribution >= 4 is 39.7 Å². The highest BCUT2D eigenvalue weighted by Gasteiger charge is 2.49. The quantitative estimate of drug-likeness (QED) is 0.543. The van der Waals surface area contributed by atoms with Gasteiger partial charge in [-0.1, -0.05) is 11.3 Å². The average Bonchev–Trinajstić information content (AvgIpc) is 2.89. The summed E-state index contributed by atoms with van der Waals surface area (Å²) in [5.41, 5.74) is 11.0. The minimum absolute atomic E-state index is 0.107. The van der Waals surface area contributed by atoms with Crippen LogP contribution >= 0.6 is 22.9 Å². The molecule has 5 N–H and O–H groups in total. The summed E-state index contributed by atoms with van der Waals surface area (Å²) in [7, 11) is 0. The van der Waals surface area contributed by atoms with Gasteiger partial charge < -0.3 is 16.8 Å². The molecule has 1 aromatic rings. The molecule has 1 aromatic heterocycles. The Labute approximate surface area is 102 Å². The first-order valence-electron chi connectivity index (χ1n) is 5.01. The Morgan fingerprint density at radius 3 is 2.88 bits per heavy atom. The average molecular weight is 261 g/mol. The molecule has 0 amide bonds. The van der Waals surface area contributed by atoms with Crippen molar-refractivity contribution in [3.05, 3.63) is 4.88 Å². The Morgan fingerprint density at radius 1 is 1.62 bits per heavy atom. The van der Waals surface area contributed by atoms with Crippen LogP contribution in [0.4, 0.5) is 10.9 Å². The molecule has 1 aliphatic carbocycles. The van der Waals surface area contributed by atoms with Crippen molar-refractivity contribution in [2.45, 2.75) is 17.7 Å². The van der Waals surface area contributed by atoms with E-state index in [2.05, 4.69) is 10.3 Å². The van der Waals surface area contributed by atoms with Crippen LogP contribution in [0.25, 0.3) is 0 Å². The smallest absolute Gasteiger partial charge is 0.197 e. The zero-order chi connectivity index (χ0) is 11.8. The van der Waals surface area contributed by atoms with Gasteiger partial charge in [0.15, 0.2) is 10.9 Å². The zero-order valence-corrected chi connectivity index (χ0v) is 10.2. The summed E-state index contributed by atoms with van der Waals surface area (Å²) in [5, 5.41) is 3.61. The molecule has 7 heteroatoms. The number of nitrogens with zero attached hydrogens (tertiary/aromatic N) is 1. The number of nitrogens with one attached hydrogen (secondary N) is 1. The lowest BCUT2D eigenvalue weighted by Gasteiger charge is -2.01. The Balaban J connectivity index is 2.15. The van der Waals surface area contributed by atoms with Crippen molar-refractivity contribution in [3.63, 3.8) is 0 Å². The molecule has 2 rings (SSSR count). The van der Waals surface area contributed by atoms with E-state index in [1.165, 1.54) is 11.3 Å². The Hall–Kier alpha value is -0.850. The molecule has 16 heavy (non-hydrogen) atoms. The molecule has 1 aliphatic rings. The van der Waals surface area contributed by atoms with Crippen molar-refractivity contribution in [1.29, 1.82) is 0 Å². The molecular weight excluding hydrogens is 248 g/mol. The van der Waals surface area contributed by atoms with Crippen LogP contribution in [0, 0.1) is 0 Å². The van der Waals surface area contributed by atoms with Gasteiger partial charge >= 0.3 is 0 Å². The summed E-state index contributed by atoms with van der Waals surface area (Å²) < 4.78 is 0. The molecule has 0 saturated heterocycles. The van der Waals surface area contributed by atoms with Crippen molar-refractivity contribution in [2.24, 2.45) is 5.73 Å². The minimum Gasteiger partial charge on any atom is -0.382 e. The third-order valence-corrected chi connectivity index (χ3v) is 3.95. The van der Waals surface area contributed by atoms with Gasteiger partial charge in [0.1, 0.15) is 15.6 Å². The zero-order valence-electron chi connectivity index (χ0n) is 8.62. The number of nitrogens with two attached hydrogens (primary N) is 2. The van der Waals surface area contributed by atoms with E-state index in [1.807, 2.05) is 0 Å². The topological polar surface area (TPSA) is 94.0 Å². The molecule has 0 atom stereocenters. The van der Waals surface area contributed by atoms with E-state index in [0.717, 1.165) is 12.8 Å². The van der Waals surface area contributed by atoms with Gasteiger partial charge in [-0.2, -0.15) is 0 Å². The fraction of sp³-hybridized carbons (Fsp3) is 0.556. The SMILES string of the molecule is NCCNc1nc(N)c(C(=O)C2(Cl)CC2)s1. The van der Waals surface area contributed by atoms with Gasteiger partial charge in [-0.25, -0.2) is 4.98 Å². The number of aromatic nitrogens is 1. The molecule has 0 spiro atoms. The number of carbonyl (C=O) groups excluding carboxylic acids is 1. The van der Waals surface area contributed by atoms with Gasteiger partial charge in [-0.15, -0.1) is 11.6 Å². The first-order chi connectivity index (χ1) is 7.57. The Kier molecular flexibility index (Phi) is 3.05. The highest BCUT2D eigenvalue weighted by atomic mass is 35.5. The number of rotatable bonds is 5. The van der Waals surface area contributed by atoms with Crippen LogP contribution in [0.1, 0.15) is 22.5 Å². The van der Waals surface area contributed by atoms with Crippen LogP contribution < -0.4 is 16.8 Å². The number of carbonyl (C=O) groups is 1. The second kappa shape index (κ2) is 4.20. The van der Waals surface area contributed by atoms with Crippen LogP contribution in [0.2, 0.25) is 0 Å². The summed E-state index contributed by atoms with van der Waals surface area (Å²) >= 11 is 7.29. The van der Waals surface area contributed by atoms with Gasteiger partial charge in [0.25, 0.3) is 0 Å². The van der Waals surface area contributed by atoms with Crippen LogP contribution in [0.15, 0.2) is 0 Å². The van der Waals surface area contributed by atoms with Crippen molar-refractivity contribution in [1.82, 2.24) is 4.98 Å². The van der Waals surface area contributed by atoms with Crippen molar-refractivity contribution in [3.8, 4) is 0 Å². The molecule has 1 heterocycles. The molecule has 1 saturated carbocycles. The largest absolute Gasteiger partial charge is 0.382 e.